The van der Waals surface area contributed by atoms with E-state index in [0.717, 1.165) is 11.1 Å². The largest absolute Gasteiger partial charge is 0.294 e. The zero-order valence-corrected chi connectivity index (χ0v) is 14.9. The van der Waals surface area contributed by atoms with Crippen molar-refractivity contribution in [3.8, 4) is 0 Å². The van der Waals surface area contributed by atoms with Crippen molar-refractivity contribution in [1.82, 2.24) is 0 Å². The summed E-state index contributed by atoms with van der Waals surface area (Å²) >= 11 is 0. The van der Waals surface area contributed by atoms with Gasteiger partial charge in [0.1, 0.15) is 0 Å². The number of aryl methyl sites for hydroxylation is 1. The van der Waals surface area contributed by atoms with Crippen molar-refractivity contribution in [1.29, 1.82) is 0 Å². The van der Waals surface area contributed by atoms with Gasteiger partial charge in [-0.15, -0.1) is 0 Å². The Morgan fingerprint density at radius 1 is 0.654 bits per heavy atom. The highest BCUT2D eigenvalue weighted by Gasteiger charge is 2.21. The molecule has 0 saturated carbocycles. The SMILES string of the molecule is Cc1ccc(C(CC(=O)c2ccccc2)CC(=O)c2ccccc2)cc1. The first-order valence-electron chi connectivity index (χ1n) is 8.86. The summed E-state index contributed by atoms with van der Waals surface area (Å²) in [5.41, 5.74) is 3.58. The molecule has 3 rings (SSSR count). The fourth-order valence-corrected chi connectivity index (χ4v) is 3.08. The van der Waals surface area contributed by atoms with E-state index in [-0.39, 0.29) is 17.5 Å². The Balaban J connectivity index is 1.83. The molecular formula is C24H22O2. The van der Waals surface area contributed by atoms with E-state index in [0.29, 0.717) is 24.0 Å². The maximum atomic E-state index is 12.7. The van der Waals surface area contributed by atoms with Crippen LogP contribution >= 0.6 is 0 Å². The number of ketones is 2. The van der Waals surface area contributed by atoms with Gasteiger partial charge in [-0.3, -0.25) is 9.59 Å². The topological polar surface area (TPSA) is 34.1 Å². The molecule has 26 heavy (non-hydrogen) atoms. The van der Waals surface area contributed by atoms with Gasteiger partial charge < -0.3 is 0 Å². The summed E-state index contributed by atoms with van der Waals surface area (Å²) in [7, 11) is 0. The lowest BCUT2D eigenvalue weighted by Gasteiger charge is -2.17. The van der Waals surface area contributed by atoms with Crippen molar-refractivity contribution in [2.24, 2.45) is 0 Å². The number of Topliss-reactive ketones (excluding diaryl/α,β-unsaturated/α-hetero) is 2. The Labute approximate surface area is 154 Å². The first kappa shape index (κ1) is 17.8. The van der Waals surface area contributed by atoms with Gasteiger partial charge in [-0.05, 0) is 18.4 Å². The van der Waals surface area contributed by atoms with Crippen LogP contribution < -0.4 is 0 Å². The minimum absolute atomic E-state index is 0.0667. The summed E-state index contributed by atoms with van der Waals surface area (Å²) in [5, 5.41) is 0. The molecule has 2 heteroatoms. The van der Waals surface area contributed by atoms with Crippen molar-refractivity contribution in [3.63, 3.8) is 0 Å². The molecule has 0 amide bonds. The molecule has 3 aromatic rings. The number of hydrogen-bond acceptors (Lipinski definition) is 2. The molecule has 130 valence electrons. The van der Waals surface area contributed by atoms with E-state index in [1.807, 2.05) is 91.9 Å². The number of rotatable bonds is 7. The Morgan fingerprint density at radius 3 is 1.50 bits per heavy atom. The van der Waals surface area contributed by atoms with Crippen LogP contribution in [-0.2, 0) is 0 Å². The van der Waals surface area contributed by atoms with Gasteiger partial charge in [-0.25, -0.2) is 0 Å². The second-order valence-corrected chi connectivity index (χ2v) is 6.59. The van der Waals surface area contributed by atoms with Crippen LogP contribution in [0.25, 0.3) is 0 Å². The Morgan fingerprint density at radius 2 is 1.08 bits per heavy atom. The average Bonchev–Trinajstić information content (AvgIpc) is 2.69. The minimum Gasteiger partial charge on any atom is -0.294 e. The Bertz CT molecular complexity index is 812. The third kappa shape index (κ3) is 4.54. The van der Waals surface area contributed by atoms with Gasteiger partial charge >= 0.3 is 0 Å². The molecule has 0 aliphatic rings. The van der Waals surface area contributed by atoms with Gasteiger partial charge in [0.05, 0.1) is 0 Å². The smallest absolute Gasteiger partial charge is 0.163 e. The summed E-state index contributed by atoms with van der Waals surface area (Å²) in [6.45, 7) is 2.03. The van der Waals surface area contributed by atoms with Crippen molar-refractivity contribution >= 4 is 11.6 Å². The molecule has 0 saturated heterocycles. The molecule has 0 aromatic heterocycles. The second-order valence-electron chi connectivity index (χ2n) is 6.59. The summed E-state index contributed by atoms with van der Waals surface area (Å²) in [5.74, 6) is 0.00471. The minimum atomic E-state index is -0.129. The van der Waals surface area contributed by atoms with Crippen LogP contribution in [0.1, 0.15) is 50.6 Å². The van der Waals surface area contributed by atoms with Crippen molar-refractivity contribution < 1.29 is 9.59 Å². The molecule has 0 spiro atoms. The Hall–Kier alpha value is -3.00. The maximum absolute atomic E-state index is 12.7. The number of carbonyl (C=O) groups excluding carboxylic acids is 2. The Kier molecular flexibility index (Phi) is 5.75. The predicted octanol–water partition coefficient (Wildman–Crippen LogP) is 5.62. The number of hydrogen-bond donors (Lipinski definition) is 0. The lowest BCUT2D eigenvalue weighted by atomic mass is 9.86. The third-order valence-electron chi connectivity index (χ3n) is 4.60. The summed E-state index contributed by atoms with van der Waals surface area (Å²) in [6.07, 6.45) is 0.650. The quantitative estimate of drug-likeness (QED) is 0.522. The van der Waals surface area contributed by atoms with Gasteiger partial charge in [-0.1, -0.05) is 90.5 Å². The van der Waals surface area contributed by atoms with Gasteiger partial charge in [0.15, 0.2) is 11.6 Å². The highest BCUT2D eigenvalue weighted by molar-refractivity contribution is 5.99. The lowest BCUT2D eigenvalue weighted by Crippen LogP contribution is -2.12. The van der Waals surface area contributed by atoms with E-state index in [4.69, 9.17) is 0 Å². The van der Waals surface area contributed by atoms with Crippen LogP contribution in [-0.4, -0.2) is 11.6 Å². The molecular weight excluding hydrogens is 320 g/mol. The second kappa shape index (κ2) is 8.39. The summed E-state index contributed by atoms with van der Waals surface area (Å²) in [4.78, 5) is 25.4. The van der Waals surface area contributed by atoms with E-state index >= 15 is 0 Å². The lowest BCUT2D eigenvalue weighted by molar-refractivity contribution is 0.0944. The van der Waals surface area contributed by atoms with E-state index in [1.54, 1.807) is 0 Å². The molecule has 2 nitrogen and oxygen atoms in total. The van der Waals surface area contributed by atoms with E-state index < -0.39 is 0 Å². The molecule has 0 bridgehead atoms. The van der Waals surface area contributed by atoms with Gasteiger partial charge in [-0.2, -0.15) is 0 Å². The molecule has 0 unspecified atom stereocenters. The number of benzene rings is 3. The van der Waals surface area contributed by atoms with Crippen LogP contribution in [0.4, 0.5) is 0 Å². The van der Waals surface area contributed by atoms with E-state index in [1.165, 1.54) is 0 Å². The van der Waals surface area contributed by atoms with Gasteiger partial charge in [0.2, 0.25) is 0 Å². The standard InChI is InChI=1S/C24H22O2/c1-18-12-14-19(15-13-18)22(16-23(25)20-8-4-2-5-9-20)17-24(26)21-10-6-3-7-11-21/h2-15,22H,16-17H2,1H3. The predicted molar refractivity (Wildman–Crippen MR) is 105 cm³/mol. The van der Waals surface area contributed by atoms with Gasteiger partial charge in [0, 0.05) is 24.0 Å². The van der Waals surface area contributed by atoms with Crippen LogP contribution in [0.5, 0.6) is 0 Å². The molecule has 0 radical (unpaired) electrons. The van der Waals surface area contributed by atoms with Crippen molar-refractivity contribution in [3.05, 3.63) is 107 Å². The van der Waals surface area contributed by atoms with Crippen LogP contribution in [0, 0.1) is 6.92 Å². The first-order valence-corrected chi connectivity index (χ1v) is 8.86. The number of carbonyl (C=O) groups is 2. The van der Waals surface area contributed by atoms with Gasteiger partial charge in [0.25, 0.3) is 0 Å². The zero-order chi connectivity index (χ0) is 18.4. The van der Waals surface area contributed by atoms with E-state index in [2.05, 4.69) is 0 Å². The third-order valence-corrected chi connectivity index (χ3v) is 4.60. The van der Waals surface area contributed by atoms with Crippen LogP contribution in [0.3, 0.4) is 0 Å². The zero-order valence-electron chi connectivity index (χ0n) is 14.9. The highest BCUT2D eigenvalue weighted by Crippen LogP contribution is 2.27. The molecule has 0 heterocycles. The van der Waals surface area contributed by atoms with Crippen molar-refractivity contribution in [2.45, 2.75) is 25.7 Å². The molecule has 3 aromatic carbocycles. The molecule has 0 fully saturated rings. The molecule has 0 aliphatic carbocycles. The van der Waals surface area contributed by atoms with Crippen LogP contribution in [0.15, 0.2) is 84.9 Å². The maximum Gasteiger partial charge on any atom is 0.163 e. The van der Waals surface area contributed by atoms with Crippen molar-refractivity contribution in [2.75, 3.05) is 0 Å². The monoisotopic (exact) mass is 342 g/mol. The first-order chi connectivity index (χ1) is 12.6. The molecule has 0 atom stereocenters. The highest BCUT2D eigenvalue weighted by atomic mass is 16.1. The normalized spacial score (nSPS) is 10.7. The average molecular weight is 342 g/mol. The molecule has 0 aliphatic heterocycles. The van der Waals surface area contributed by atoms with Crippen LogP contribution in [0.2, 0.25) is 0 Å². The summed E-state index contributed by atoms with van der Waals surface area (Å²) < 4.78 is 0. The van der Waals surface area contributed by atoms with E-state index in [9.17, 15) is 9.59 Å². The molecule has 0 N–H and O–H groups in total. The summed E-state index contributed by atoms with van der Waals surface area (Å²) in [6, 6.07) is 26.7. The fourth-order valence-electron chi connectivity index (χ4n) is 3.08. The fraction of sp³-hybridized carbons (Fsp3) is 0.167.